The van der Waals surface area contributed by atoms with Crippen LogP contribution >= 0.6 is 0 Å². The number of nitrogens with zero attached hydrogens (tertiary/aromatic N) is 2. The van der Waals surface area contributed by atoms with E-state index in [9.17, 15) is 14.4 Å². The fourth-order valence-corrected chi connectivity index (χ4v) is 1.96. The van der Waals surface area contributed by atoms with Gasteiger partial charge in [0.2, 0.25) is 0 Å². The fraction of sp³-hybridized carbons (Fsp3) is 0.421. The standard InChI is InChI=1S/C19H24N2O5/c1-15(16(2)24)21-26-8-6-4-3-5-7-25-20-12-17-9-18(13-22)11-19(10-17)14-23/h9-14H,3-8H2,1-2H3/b20-12+,21-15+. The molecule has 0 unspecified atom stereocenters. The van der Waals surface area contributed by atoms with Crippen LogP contribution in [-0.2, 0) is 14.5 Å². The number of unbranched alkanes of at least 4 members (excludes halogenated alkanes) is 3. The number of Topliss-reactive ketones (excluding diaryl/α,β-unsaturated/α-hetero) is 1. The molecular formula is C19H24N2O5. The van der Waals surface area contributed by atoms with Crippen LogP contribution in [0.1, 0.15) is 65.8 Å². The van der Waals surface area contributed by atoms with Gasteiger partial charge in [-0.15, -0.1) is 0 Å². The topological polar surface area (TPSA) is 94.4 Å². The number of aldehydes is 2. The van der Waals surface area contributed by atoms with Crippen molar-refractivity contribution in [2.45, 2.75) is 39.5 Å². The molecule has 0 heterocycles. The predicted octanol–water partition coefficient (Wildman–Crippen LogP) is 3.20. The van der Waals surface area contributed by atoms with Crippen molar-refractivity contribution in [3.05, 3.63) is 34.9 Å². The third kappa shape index (κ3) is 8.86. The van der Waals surface area contributed by atoms with Gasteiger partial charge in [-0.25, -0.2) is 0 Å². The third-order valence-corrected chi connectivity index (χ3v) is 3.48. The van der Waals surface area contributed by atoms with Crippen LogP contribution in [0.4, 0.5) is 0 Å². The van der Waals surface area contributed by atoms with Crippen LogP contribution in [0, 0.1) is 0 Å². The molecule has 0 aliphatic carbocycles. The van der Waals surface area contributed by atoms with E-state index in [-0.39, 0.29) is 5.78 Å². The number of ketones is 1. The molecule has 1 aromatic carbocycles. The van der Waals surface area contributed by atoms with Crippen molar-refractivity contribution in [2.24, 2.45) is 10.3 Å². The van der Waals surface area contributed by atoms with E-state index in [4.69, 9.17) is 9.68 Å². The van der Waals surface area contributed by atoms with Gasteiger partial charge >= 0.3 is 0 Å². The molecule has 0 aliphatic heterocycles. The van der Waals surface area contributed by atoms with Gasteiger partial charge in [0.15, 0.2) is 5.78 Å². The van der Waals surface area contributed by atoms with Crippen LogP contribution in [0.3, 0.4) is 0 Å². The van der Waals surface area contributed by atoms with Crippen molar-refractivity contribution >= 4 is 30.3 Å². The van der Waals surface area contributed by atoms with Crippen molar-refractivity contribution in [1.29, 1.82) is 0 Å². The summed E-state index contributed by atoms with van der Waals surface area (Å²) in [6.07, 6.45) is 6.47. The average Bonchev–Trinajstić information content (AvgIpc) is 2.65. The molecule has 0 spiro atoms. The molecule has 0 N–H and O–H groups in total. The Kier molecular flexibility index (Phi) is 10.2. The Bertz CT molecular complexity index is 642. The maximum atomic E-state index is 10.9. The summed E-state index contributed by atoms with van der Waals surface area (Å²) in [5.41, 5.74) is 1.84. The smallest absolute Gasteiger partial charge is 0.177 e. The summed E-state index contributed by atoms with van der Waals surface area (Å²) in [6.45, 7) is 4.03. The third-order valence-electron chi connectivity index (χ3n) is 3.48. The number of hydrogen-bond donors (Lipinski definition) is 0. The van der Waals surface area contributed by atoms with E-state index in [0.29, 0.717) is 48.2 Å². The summed E-state index contributed by atoms with van der Waals surface area (Å²) in [5, 5.41) is 7.56. The van der Waals surface area contributed by atoms with E-state index >= 15 is 0 Å². The number of benzene rings is 1. The van der Waals surface area contributed by atoms with Gasteiger partial charge in [0.05, 0.1) is 6.21 Å². The maximum Gasteiger partial charge on any atom is 0.177 e. The van der Waals surface area contributed by atoms with Gasteiger partial charge in [-0.3, -0.25) is 14.4 Å². The molecule has 0 aliphatic rings. The van der Waals surface area contributed by atoms with E-state index in [1.54, 1.807) is 19.1 Å². The monoisotopic (exact) mass is 360 g/mol. The molecular weight excluding hydrogens is 336 g/mol. The molecule has 0 saturated heterocycles. The molecule has 140 valence electrons. The molecule has 0 atom stereocenters. The van der Waals surface area contributed by atoms with Crippen LogP contribution in [-0.4, -0.2) is 43.5 Å². The quantitative estimate of drug-likeness (QED) is 0.233. The minimum Gasteiger partial charge on any atom is -0.396 e. The molecule has 7 heteroatoms. The fourth-order valence-electron chi connectivity index (χ4n) is 1.96. The van der Waals surface area contributed by atoms with E-state index < -0.39 is 0 Å². The SMILES string of the molecule is CC(=O)/C(C)=N/OCCCCCCO/N=C/c1cc(C=O)cc(C=O)c1. The Morgan fingerprint density at radius 1 is 0.885 bits per heavy atom. The highest BCUT2D eigenvalue weighted by molar-refractivity contribution is 6.37. The summed E-state index contributed by atoms with van der Waals surface area (Å²) in [7, 11) is 0. The Balaban J connectivity index is 2.15. The Hall–Kier alpha value is -2.83. The first-order valence-electron chi connectivity index (χ1n) is 8.45. The van der Waals surface area contributed by atoms with Crippen molar-refractivity contribution in [3.8, 4) is 0 Å². The van der Waals surface area contributed by atoms with E-state index in [0.717, 1.165) is 25.7 Å². The highest BCUT2D eigenvalue weighted by Gasteiger charge is 1.99. The van der Waals surface area contributed by atoms with Crippen LogP contribution < -0.4 is 0 Å². The lowest BCUT2D eigenvalue weighted by Crippen LogP contribution is -2.05. The molecule has 0 fully saturated rings. The van der Waals surface area contributed by atoms with Gasteiger partial charge in [-0.2, -0.15) is 0 Å². The number of carbonyl (C=O) groups excluding carboxylic acids is 3. The summed E-state index contributed by atoms with van der Waals surface area (Å²) >= 11 is 0. The number of oxime groups is 2. The zero-order chi connectivity index (χ0) is 19.2. The summed E-state index contributed by atoms with van der Waals surface area (Å²) in [6, 6.07) is 4.76. The zero-order valence-electron chi connectivity index (χ0n) is 15.1. The van der Waals surface area contributed by atoms with Crippen LogP contribution in [0.25, 0.3) is 0 Å². The second-order valence-corrected chi connectivity index (χ2v) is 5.72. The first-order valence-corrected chi connectivity index (χ1v) is 8.45. The van der Waals surface area contributed by atoms with Gasteiger partial charge in [-0.1, -0.05) is 10.3 Å². The van der Waals surface area contributed by atoms with Gasteiger partial charge in [-0.05, 0) is 56.4 Å². The highest BCUT2D eigenvalue weighted by atomic mass is 16.6. The van der Waals surface area contributed by atoms with E-state index in [1.807, 2.05) is 0 Å². The molecule has 1 aromatic rings. The second-order valence-electron chi connectivity index (χ2n) is 5.72. The van der Waals surface area contributed by atoms with Crippen molar-refractivity contribution in [3.63, 3.8) is 0 Å². The van der Waals surface area contributed by atoms with E-state index in [2.05, 4.69) is 10.3 Å². The normalized spacial score (nSPS) is 11.4. The Morgan fingerprint density at radius 2 is 1.42 bits per heavy atom. The maximum absolute atomic E-state index is 10.9. The number of rotatable bonds is 13. The largest absolute Gasteiger partial charge is 0.396 e. The summed E-state index contributed by atoms with van der Waals surface area (Å²) in [5.74, 6) is -0.0945. The lowest BCUT2D eigenvalue weighted by molar-refractivity contribution is -0.111. The lowest BCUT2D eigenvalue weighted by Gasteiger charge is -2.02. The van der Waals surface area contributed by atoms with Gasteiger partial charge in [0.1, 0.15) is 31.5 Å². The molecule has 0 radical (unpaired) electrons. The first kappa shape index (κ1) is 21.2. The molecule has 0 bridgehead atoms. The molecule has 0 aromatic heterocycles. The van der Waals surface area contributed by atoms with Gasteiger partial charge in [0.25, 0.3) is 0 Å². The molecule has 26 heavy (non-hydrogen) atoms. The summed E-state index contributed by atoms with van der Waals surface area (Å²) < 4.78 is 0. The van der Waals surface area contributed by atoms with Crippen LogP contribution in [0.5, 0.6) is 0 Å². The minimum atomic E-state index is -0.0945. The second kappa shape index (κ2) is 12.5. The van der Waals surface area contributed by atoms with Crippen molar-refractivity contribution in [2.75, 3.05) is 13.2 Å². The van der Waals surface area contributed by atoms with Gasteiger partial charge in [0, 0.05) is 18.1 Å². The molecule has 1 rings (SSSR count). The lowest BCUT2D eigenvalue weighted by atomic mass is 10.1. The highest BCUT2D eigenvalue weighted by Crippen LogP contribution is 2.06. The zero-order valence-corrected chi connectivity index (χ0v) is 15.1. The Labute approximate surface area is 153 Å². The minimum absolute atomic E-state index is 0.0945. The molecule has 0 amide bonds. The van der Waals surface area contributed by atoms with Crippen molar-refractivity contribution < 1.29 is 24.1 Å². The summed E-state index contributed by atoms with van der Waals surface area (Å²) in [4.78, 5) is 42.8. The van der Waals surface area contributed by atoms with Crippen molar-refractivity contribution in [1.82, 2.24) is 0 Å². The number of hydrogen-bond acceptors (Lipinski definition) is 7. The number of carbonyl (C=O) groups is 3. The average molecular weight is 360 g/mol. The van der Waals surface area contributed by atoms with E-state index in [1.165, 1.54) is 19.2 Å². The van der Waals surface area contributed by atoms with Gasteiger partial charge < -0.3 is 9.68 Å². The Morgan fingerprint density at radius 3 is 1.96 bits per heavy atom. The molecule has 7 nitrogen and oxygen atoms in total. The molecule has 0 saturated carbocycles. The predicted molar refractivity (Wildman–Crippen MR) is 99.0 cm³/mol. The first-order chi connectivity index (χ1) is 12.6. The van der Waals surface area contributed by atoms with Crippen LogP contribution in [0.2, 0.25) is 0 Å². The van der Waals surface area contributed by atoms with Crippen LogP contribution in [0.15, 0.2) is 28.5 Å².